The Morgan fingerprint density at radius 2 is 1.72 bits per heavy atom. The van der Waals surface area contributed by atoms with Crippen LogP contribution in [0.5, 0.6) is 5.75 Å². The van der Waals surface area contributed by atoms with Gasteiger partial charge >= 0.3 is 0 Å². The Kier molecular flexibility index (Phi) is 3.80. The average Bonchev–Trinajstić information content (AvgIpc) is 2.87. The van der Waals surface area contributed by atoms with Gasteiger partial charge in [-0.2, -0.15) is 0 Å². The molecule has 6 nitrogen and oxygen atoms in total. The standard InChI is InChI=1S/C19H19N3O3/c20-13-6-7-16-17(12-13)25-11-10-21(16)8-3-9-22-18(23)14-4-1-2-5-15(14)19(22)24/h1-2,4-7,12H,3,8-11,20H2. The fourth-order valence-corrected chi connectivity index (χ4v) is 3.39. The molecule has 2 aliphatic heterocycles. The van der Waals surface area contributed by atoms with Crippen molar-refractivity contribution in [1.82, 2.24) is 4.90 Å². The number of carbonyl (C=O) groups is 2. The molecule has 0 saturated carbocycles. The molecule has 128 valence electrons. The minimum atomic E-state index is -0.198. The number of benzene rings is 2. The van der Waals surface area contributed by atoms with Gasteiger partial charge in [-0.1, -0.05) is 12.1 Å². The lowest BCUT2D eigenvalue weighted by Crippen LogP contribution is -2.37. The molecule has 2 amide bonds. The van der Waals surface area contributed by atoms with Gasteiger partial charge in [0.15, 0.2) is 0 Å². The van der Waals surface area contributed by atoms with E-state index in [0.29, 0.717) is 36.4 Å². The van der Waals surface area contributed by atoms with Crippen LogP contribution in [0.15, 0.2) is 42.5 Å². The number of anilines is 2. The second-order valence-corrected chi connectivity index (χ2v) is 6.22. The molecule has 0 spiro atoms. The molecule has 0 bridgehead atoms. The Morgan fingerprint density at radius 1 is 1.00 bits per heavy atom. The van der Waals surface area contributed by atoms with Crippen LogP contribution in [0, 0.1) is 0 Å². The fraction of sp³-hybridized carbons (Fsp3) is 0.263. The zero-order chi connectivity index (χ0) is 17.4. The van der Waals surface area contributed by atoms with Crippen molar-refractivity contribution in [2.75, 3.05) is 36.9 Å². The predicted octanol–water partition coefficient (Wildman–Crippen LogP) is 2.15. The molecule has 0 unspecified atom stereocenters. The lowest BCUT2D eigenvalue weighted by atomic mass is 10.1. The SMILES string of the molecule is Nc1ccc2c(c1)OCCN2CCCN1C(=O)c2ccccc2C1=O. The van der Waals surface area contributed by atoms with Gasteiger partial charge < -0.3 is 15.4 Å². The number of fused-ring (bicyclic) bond motifs is 2. The summed E-state index contributed by atoms with van der Waals surface area (Å²) in [5, 5.41) is 0. The molecule has 0 atom stereocenters. The highest BCUT2D eigenvalue weighted by Gasteiger charge is 2.34. The molecule has 6 heteroatoms. The average molecular weight is 337 g/mol. The van der Waals surface area contributed by atoms with Crippen LogP contribution in [-0.2, 0) is 0 Å². The number of hydrogen-bond acceptors (Lipinski definition) is 5. The lowest BCUT2D eigenvalue weighted by molar-refractivity contribution is 0.0653. The number of ether oxygens (including phenoxy) is 1. The highest BCUT2D eigenvalue weighted by molar-refractivity contribution is 6.21. The number of amides is 2. The summed E-state index contributed by atoms with van der Waals surface area (Å²) in [7, 11) is 0. The molecule has 0 radical (unpaired) electrons. The van der Waals surface area contributed by atoms with E-state index in [1.165, 1.54) is 4.90 Å². The first-order valence-corrected chi connectivity index (χ1v) is 8.37. The third-order valence-corrected chi connectivity index (χ3v) is 4.63. The van der Waals surface area contributed by atoms with E-state index in [2.05, 4.69) is 4.90 Å². The van der Waals surface area contributed by atoms with Gasteiger partial charge in [0, 0.05) is 24.8 Å². The van der Waals surface area contributed by atoms with Gasteiger partial charge in [-0.15, -0.1) is 0 Å². The quantitative estimate of drug-likeness (QED) is 0.683. The third-order valence-electron chi connectivity index (χ3n) is 4.63. The molecule has 2 N–H and O–H groups in total. The number of nitrogens with two attached hydrogens (primary N) is 1. The normalized spacial score (nSPS) is 15.8. The number of nitrogens with zero attached hydrogens (tertiary/aromatic N) is 2. The summed E-state index contributed by atoms with van der Waals surface area (Å²) in [5.41, 5.74) is 8.48. The molecule has 0 saturated heterocycles. The van der Waals surface area contributed by atoms with E-state index < -0.39 is 0 Å². The van der Waals surface area contributed by atoms with Crippen molar-refractivity contribution in [2.45, 2.75) is 6.42 Å². The van der Waals surface area contributed by atoms with Gasteiger partial charge in [-0.25, -0.2) is 0 Å². The van der Waals surface area contributed by atoms with Gasteiger partial charge in [-0.3, -0.25) is 14.5 Å². The Hall–Kier alpha value is -3.02. The maximum Gasteiger partial charge on any atom is 0.261 e. The minimum Gasteiger partial charge on any atom is -0.489 e. The maximum atomic E-state index is 12.4. The zero-order valence-corrected chi connectivity index (χ0v) is 13.8. The summed E-state index contributed by atoms with van der Waals surface area (Å²) in [5.74, 6) is 0.387. The number of imide groups is 1. The van der Waals surface area contributed by atoms with Gasteiger partial charge in [0.1, 0.15) is 12.4 Å². The van der Waals surface area contributed by atoms with E-state index in [9.17, 15) is 9.59 Å². The molecule has 25 heavy (non-hydrogen) atoms. The Labute approximate surface area is 145 Å². The van der Waals surface area contributed by atoms with Gasteiger partial charge in [-0.05, 0) is 30.7 Å². The zero-order valence-electron chi connectivity index (χ0n) is 13.8. The highest BCUT2D eigenvalue weighted by atomic mass is 16.5. The van der Waals surface area contributed by atoms with Gasteiger partial charge in [0.25, 0.3) is 11.8 Å². The van der Waals surface area contributed by atoms with Crippen molar-refractivity contribution in [2.24, 2.45) is 0 Å². The molecule has 0 aliphatic carbocycles. The molecule has 0 fully saturated rings. The Morgan fingerprint density at radius 3 is 2.44 bits per heavy atom. The molecule has 2 aliphatic rings. The summed E-state index contributed by atoms with van der Waals surface area (Å²) in [6, 6.07) is 12.6. The van der Waals surface area contributed by atoms with Crippen molar-refractivity contribution in [3.05, 3.63) is 53.6 Å². The summed E-state index contributed by atoms with van der Waals surface area (Å²) in [6.45, 7) is 2.53. The Balaban J connectivity index is 1.41. The van der Waals surface area contributed by atoms with Crippen molar-refractivity contribution >= 4 is 23.2 Å². The van der Waals surface area contributed by atoms with Crippen LogP contribution in [0.4, 0.5) is 11.4 Å². The predicted molar refractivity (Wildman–Crippen MR) is 95.0 cm³/mol. The van der Waals surface area contributed by atoms with Crippen LogP contribution in [0.2, 0.25) is 0 Å². The topological polar surface area (TPSA) is 75.9 Å². The monoisotopic (exact) mass is 337 g/mol. The summed E-state index contributed by atoms with van der Waals surface area (Å²) in [4.78, 5) is 28.3. The second kappa shape index (κ2) is 6.12. The van der Waals surface area contributed by atoms with Crippen LogP contribution < -0.4 is 15.4 Å². The van der Waals surface area contributed by atoms with E-state index >= 15 is 0 Å². The molecule has 2 heterocycles. The molecular formula is C19H19N3O3. The molecule has 2 aromatic rings. The molecule has 4 rings (SSSR count). The highest BCUT2D eigenvalue weighted by Crippen LogP contribution is 2.33. The largest absolute Gasteiger partial charge is 0.489 e. The van der Waals surface area contributed by atoms with Crippen molar-refractivity contribution < 1.29 is 14.3 Å². The van der Waals surface area contributed by atoms with Crippen LogP contribution in [0.25, 0.3) is 0 Å². The Bertz CT molecular complexity index is 815. The first kappa shape index (κ1) is 15.5. The number of hydrogen-bond donors (Lipinski definition) is 1. The van der Waals surface area contributed by atoms with Crippen molar-refractivity contribution in [3.63, 3.8) is 0 Å². The van der Waals surface area contributed by atoms with E-state index in [-0.39, 0.29) is 11.8 Å². The van der Waals surface area contributed by atoms with Gasteiger partial charge in [0.2, 0.25) is 0 Å². The van der Waals surface area contributed by atoms with Crippen LogP contribution in [0.3, 0.4) is 0 Å². The minimum absolute atomic E-state index is 0.198. The second-order valence-electron chi connectivity index (χ2n) is 6.22. The first-order chi connectivity index (χ1) is 12.1. The first-order valence-electron chi connectivity index (χ1n) is 8.37. The summed E-state index contributed by atoms with van der Waals surface area (Å²) >= 11 is 0. The van der Waals surface area contributed by atoms with Crippen molar-refractivity contribution in [1.29, 1.82) is 0 Å². The lowest BCUT2D eigenvalue weighted by Gasteiger charge is -2.31. The van der Waals surface area contributed by atoms with Crippen LogP contribution >= 0.6 is 0 Å². The summed E-state index contributed by atoms with van der Waals surface area (Å²) < 4.78 is 5.65. The molecular weight excluding hydrogens is 318 g/mol. The van der Waals surface area contributed by atoms with E-state index in [4.69, 9.17) is 10.5 Å². The van der Waals surface area contributed by atoms with E-state index in [1.54, 1.807) is 24.3 Å². The molecule has 2 aromatic carbocycles. The maximum absolute atomic E-state index is 12.4. The summed E-state index contributed by atoms with van der Waals surface area (Å²) in [6.07, 6.45) is 0.704. The number of nitrogen functional groups attached to an aromatic ring is 1. The fourth-order valence-electron chi connectivity index (χ4n) is 3.39. The third kappa shape index (κ3) is 2.69. The van der Waals surface area contributed by atoms with Gasteiger partial charge in [0.05, 0.1) is 23.4 Å². The van der Waals surface area contributed by atoms with Crippen LogP contribution in [-0.4, -0.2) is 43.0 Å². The van der Waals surface area contributed by atoms with Crippen LogP contribution in [0.1, 0.15) is 27.1 Å². The van der Waals surface area contributed by atoms with Crippen molar-refractivity contribution in [3.8, 4) is 5.75 Å². The van der Waals surface area contributed by atoms with E-state index in [0.717, 1.165) is 24.5 Å². The molecule has 0 aromatic heterocycles. The number of carbonyl (C=O) groups excluding carboxylic acids is 2. The number of rotatable bonds is 4. The van der Waals surface area contributed by atoms with E-state index in [1.807, 2.05) is 18.2 Å². The smallest absolute Gasteiger partial charge is 0.261 e.